The summed E-state index contributed by atoms with van der Waals surface area (Å²) in [5.41, 5.74) is 0. The molecule has 1 aliphatic heterocycles. The Morgan fingerprint density at radius 3 is 2.69 bits per heavy atom. The Hall–Kier alpha value is -1.10. The maximum atomic E-state index is 11.9. The van der Waals surface area contributed by atoms with Crippen LogP contribution in [0.4, 0.5) is 0 Å². The fraction of sp³-hybridized carbons (Fsp3) is 0.818. The van der Waals surface area contributed by atoms with E-state index >= 15 is 0 Å². The first kappa shape index (κ1) is 13.0. The van der Waals surface area contributed by atoms with Gasteiger partial charge in [-0.15, -0.1) is 0 Å². The second kappa shape index (κ2) is 5.84. The number of amides is 2. The molecule has 0 aromatic carbocycles. The molecule has 1 unspecified atom stereocenters. The van der Waals surface area contributed by atoms with Crippen LogP contribution in [0.1, 0.15) is 26.7 Å². The summed E-state index contributed by atoms with van der Waals surface area (Å²) in [5.74, 6) is -0.0461. The quantitative estimate of drug-likeness (QED) is 0.694. The van der Waals surface area contributed by atoms with Crippen molar-refractivity contribution in [2.45, 2.75) is 38.8 Å². The van der Waals surface area contributed by atoms with Gasteiger partial charge in [-0.05, 0) is 12.8 Å². The van der Waals surface area contributed by atoms with Crippen LogP contribution in [0.15, 0.2) is 0 Å². The van der Waals surface area contributed by atoms with Crippen LogP contribution in [0.3, 0.4) is 0 Å². The minimum Gasteiger partial charge on any atom is -0.357 e. The normalized spacial score (nSPS) is 20.2. The van der Waals surface area contributed by atoms with Crippen molar-refractivity contribution in [2.24, 2.45) is 0 Å². The standard InChI is InChI=1S/C11H21N3O2/c1-8(2)13-7-10(15)14-6-4-5-9(14)11(16)12-3/h8-9,13H,4-7H2,1-3H3,(H,12,16). The lowest BCUT2D eigenvalue weighted by molar-refractivity contribution is -0.137. The van der Waals surface area contributed by atoms with Gasteiger partial charge in [0.2, 0.25) is 11.8 Å². The lowest BCUT2D eigenvalue weighted by Crippen LogP contribution is -2.48. The van der Waals surface area contributed by atoms with Gasteiger partial charge in [0.05, 0.1) is 6.54 Å². The van der Waals surface area contributed by atoms with Gasteiger partial charge in [-0.3, -0.25) is 9.59 Å². The van der Waals surface area contributed by atoms with E-state index < -0.39 is 0 Å². The van der Waals surface area contributed by atoms with E-state index in [4.69, 9.17) is 0 Å². The zero-order valence-electron chi connectivity index (χ0n) is 10.2. The molecule has 0 spiro atoms. The molecular weight excluding hydrogens is 206 g/mol. The number of carbonyl (C=O) groups is 2. The lowest BCUT2D eigenvalue weighted by atomic mass is 10.2. The number of nitrogens with zero attached hydrogens (tertiary/aromatic N) is 1. The monoisotopic (exact) mass is 227 g/mol. The molecule has 92 valence electrons. The number of likely N-dealkylation sites (tertiary alicyclic amines) is 1. The highest BCUT2D eigenvalue weighted by Gasteiger charge is 2.32. The maximum absolute atomic E-state index is 11.9. The van der Waals surface area contributed by atoms with Crippen molar-refractivity contribution < 1.29 is 9.59 Å². The fourth-order valence-electron chi connectivity index (χ4n) is 1.90. The van der Waals surface area contributed by atoms with Gasteiger partial charge in [0, 0.05) is 19.6 Å². The number of hydrogen-bond acceptors (Lipinski definition) is 3. The van der Waals surface area contributed by atoms with Crippen molar-refractivity contribution in [1.82, 2.24) is 15.5 Å². The highest BCUT2D eigenvalue weighted by Crippen LogP contribution is 2.17. The number of carbonyl (C=O) groups excluding carboxylic acids is 2. The van der Waals surface area contributed by atoms with E-state index in [0.717, 1.165) is 12.8 Å². The second-order valence-electron chi connectivity index (χ2n) is 4.40. The molecule has 1 atom stereocenters. The summed E-state index contributed by atoms with van der Waals surface area (Å²) in [6, 6.07) is 0.0106. The van der Waals surface area contributed by atoms with E-state index in [1.165, 1.54) is 0 Å². The molecule has 0 aliphatic carbocycles. The van der Waals surface area contributed by atoms with Crippen molar-refractivity contribution in [2.75, 3.05) is 20.1 Å². The topological polar surface area (TPSA) is 61.4 Å². The Morgan fingerprint density at radius 2 is 2.12 bits per heavy atom. The Morgan fingerprint density at radius 1 is 1.44 bits per heavy atom. The molecule has 1 heterocycles. The molecule has 1 rings (SSSR count). The molecule has 5 nitrogen and oxygen atoms in total. The molecule has 5 heteroatoms. The molecule has 2 N–H and O–H groups in total. The molecule has 0 bridgehead atoms. The SMILES string of the molecule is CNC(=O)C1CCCN1C(=O)CNC(C)C. The Kier molecular flexibility index (Phi) is 4.73. The van der Waals surface area contributed by atoms with E-state index in [9.17, 15) is 9.59 Å². The Bertz CT molecular complexity index is 266. The maximum Gasteiger partial charge on any atom is 0.242 e. The van der Waals surface area contributed by atoms with Crippen LogP contribution in [0.25, 0.3) is 0 Å². The number of hydrogen-bond donors (Lipinski definition) is 2. The van der Waals surface area contributed by atoms with Crippen molar-refractivity contribution in [1.29, 1.82) is 0 Å². The van der Waals surface area contributed by atoms with Crippen molar-refractivity contribution in [3.05, 3.63) is 0 Å². The van der Waals surface area contributed by atoms with Gasteiger partial charge < -0.3 is 15.5 Å². The van der Waals surface area contributed by atoms with E-state index in [1.54, 1.807) is 11.9 Å². The molecule has 0 aromatic rings. The average Bonchev–Trinajstić information content (AvgIpc) is 2.73. The predicted octanol–water partition coefficient (Wildman–Crippen LogP) is -0.279. The van der Waals surface area contributed by atoms with Crippen LogP contribution in [0, 0.1) is 0 Å². The van der Waals surface area contributed by atoms with Gasteiger partial charge in [-0.1, -0.05) is 13.8 Å². The van der Waals surface area contributed by atoms with Gasteiger partial charge >= 0.3 is 0 Å². The molecule has 0 saturated carbocycles. The largest absolute Gasteiger partial charge is 0.357 e. The van der Waals surface area contributed by atoms with Gasteiger partial charge in [0.1, 0.15) is 6.04 Å². The van der Waals surface area contributed by atoms with Gasteiger partial charge in [0.15, 0.2) is 0 Å². The summed E-state index contributed by atoms with van der Waals surface area (Å²) >= 11 is 0. The van der Waals surface area contributed by atoms with Crippen LogP contribution >= 0.6 is 0 Å². The Labute approximate surface area is 96.6 Å². The second-order valence-corrected chi connectivity index (χ2v) is 4.40. The fourth-order valence-corrected chi connectivity index (χ4v) is 1.90. The molecule has 1 aliphatic rings. The smallest absolute Gasteiger partial charge is 0.242 e. The Balaban J connectivity index is 2.51. The minimum atomic E-state index is -0.272. The first-order valence-electron chi connectivity index (χ1n) is 5.80. The first-order valence-corrected chi connectivity index (χ1v) is 5.80. The van der Waals surface area contributed by atoms with Crippen LogP contribution in [0.5, 0.6) is 0 Å². The first-order chi connectivity index (χ1) is 7.56. The van der Waals surface area contributed by atoms with Crippen LogP contribution in [0.2, 0.25) is 0 Å². The summed E-state index contributed by atoms with van der Waals surface area (Å²) in [6.07, 6.45) is 1.68. The zero-order chi connectivity index (χ0) is 12.1. The third-order valence-corrected chi connectivity index (χ3v) is 2.78. The number of likely N-dealkylation sites (N-methyl/N-ethyl adjacent to an activating group) is 1. The average molecular weight is 227 g/mol. The summed E-state index contributed by atoms with van der Waals surface area (Å²) in [4.78, 5) is 25.1. The molecule has 1 fully saturated rings. The van der Waals surface area contributed by atoms with Gasteiger partial charge in [0.25, 0.3) is 0 Å². The van der Waals surface area contributed by atoms with Crippen LogP contribution in [-0.4, -0.2) is 48.9 Å². The highest BCUT2D eigenvalue weighted by atomic mass is 16.2. The number of nitrogens with one attached hydrogen (secondary N) is 2. The third kappa shape index (κ3) is 3.20. The molecule has 0 radical (unpaired) electrons. The van der Waals surface area contributed by atoms with Crippen molar-refractivity contribution in [3.63, 3.8) is 0 Å². The predicted molar refractivity (Wildman–Crippen MR) is 61.9 cm³/mol. The highest BCUT2D eigenvalue weighted by molar-refractivity contribution is 5.88. The molecule has 1 saturated heterocycles. The summed E-state index contributed by atoms with van der Waals surface area (Å²) in [5, 5.41) is 5.68. The third-order valence-electron chi connectivity index (χ3n) is 2.78. The van der Waals surface area contributed by atoms with Crippen molar-refractivity contribution in [3.8, 4) is 0 Å². The van der Waals surface area contributed by atoms with E-state index in [0.29, 0.717) is 13.1 Å². The van der Waals surface area contributed by atoms with Gasteiger partial charge in [-0.25, -0.2) is 0 Å². The summed E-state index contributed by atoms with van der Waals surface area (Å²) in [7, 11) is 1.61. The van der Waals surface area contributed by atoms with Crippen LogP contribution in [-0.2, 0) is 9.59 Å². The summed E-state index contributed by atoms with van der Waals surface area (Å²) in [6.45, 7) is 4.99. The molecule has 0 aromatic heterocycles. The van der Waals surface area contributed by atoms with E-state index in [2.05, 4.69) is 10.6 Å². The summed E-state index contributed by atoms with van der Waals surface area (Å²) < 4.78 is 0. The molecular formula is C11H21N3O2. The van der Waals surface area contributed by atoms with E-state index in [1.807, 2.05) is 13.8 Å². The zero-order valence-corrected chi connectivity index (χ0v) is 10.2. The van der Waals surface area contributed by atoms with Crippen LogP contribution < -0.4 is 10.6 Å². The molecule has 16 heavy (non-hydrogen) atoms. The number of rotatable bonds is 4. The van der Waals surface area contributed by atoms with Gasteiger partial charge in [-0.2, -0.15) is 0 Å². The minimum absolute atomic E-state index is 0.0137. The van der Waals surface area contributed by atoms with Crippen molar-refractivity contribution >= 4 is 11.8 Å². The molecule has 2 amide bonds. The lowest BCUT2D eigenvalue weighted by Gasteiger charge is -2.24. The van der Waals surface area contributed by atoms with E-state index in [-0.39, 0.29) is 23.9 Å².